The molecule has 6 heteroatoms. The lowest BCUT2D eigenvalue weighted by atomic mass is 9.98. The zero-order chi connectivity index (χ0) is 18.0. The van der Waals surface area contributed by atoms with Crippen molar-refractivity contribution < 1.29 is 17.9 Å². The van der Waals surface area contributed by atoms with Gasteiger partial charge in [0.05, 0.1) is 6.61 Å². The molecule has 25 heavy (non-hydrogen) atoms. The van der Waals surface area contributed by atoms with Gasteiger partial charge in [-0.2, -0.15) is 13.2 Å². The van der Waals surface area contributed by atoms with E-state index in [9.17, 15) is 13.2 Å². The number of nitrogens with zero attached hydrogens (tertiary/aromatic N) is 2. The summed E-state index contributed by atoms with van der Waals surface area (Å²) in [5.74, 6) is 1.22. The van der Waals surface area contributed by atoms with Gasteiger partial charge < -0.3 is 14.2 Å². The first kappa shape index (κ1) is 18.1. The van der Waals surface area contributed by atoms with Crippen molar-refractivity contribution in [2.75, 3.05) is 19.7 Å². The fourth-order valence-electron chi connectivity index (χ4n) is 3.52. The van der Waals surface area contributed by atoms with Gasteiger partial charge >= 0.3 is 6.18 Å². The Morgan fingerprint density at radius 3 is 2.76 bits per heavy atom. The van der Waals surface area contributed by atoms with Crippen LogP contribution in [0.1, 0.15) is 26.7 Å². The number of halogens is 3. The molecule has 0 N–H and O–H groups in total. The molecule has 2 heterocycles. The maximum absolute atomic E-state index is 12.6. The van der Waals surface area contributed by atoms with Crippen molar-refractivity contribution in [3.8, 4) is 5.75 Å². The van der Waals surface area contributed by atoms with Crippen LogP contribution < -0.4 is 4.74 Å². The maximum atomic E-state index is 12.6. The van der Waals surface area contributed by atoms with Gasteiger partial charge in [0.1, 0.15) is 12.3 Å². The number of ether oxygens (including phenoxy) is 1. The quantitative estimate of drug-likeness (QED) is 0.774. The van der Waals surface area contributed by atoms with E-state index in [1.807, 2.05) is 6.07 Å². The van der Waals surface area contributed by atoms with E-state index in [4.69, 9.17) is 4.74 Å². The highest BCUT2D eigenvalue weighted by atomic mass is 19.4. The number of piperidine rings is 1. The number of likely N-dealkylation sites (tertiary alicyclic amines) is 1. The minimum Gasteiger partial charge on any atom is -0.493 e. The summed E-state index contributed by atoms with van der Waals surface area (Å²) in [6, 6.07) is 7.54. The Balaban J connectivity index is 1.63. The topological polar surface area (TPSA) is 17.4 Å². The first-order chi connectivity index (χ1) is 11.8. The SMILES string of the molecule is CC(C)N1CCC[C@@H](COc2ccc3c(ccn3CC(F)(F)F)c2)C1. The smallest absolute Gasteiger partial charge is 0.406 e. The normalized spacial score (nSPS) is 19.7. The number of hydrogen-bond donors (Lipinski definition) is 0. The number of rotatable bonds is 5. The Hall–Kier alpha value is -1.69. The summed E-state index contributed by atoms with van der Waals surface area (Å²) >= 11 is 0. The van der Waals surface area contributed by atoms with E-state index in [-0.39, 0.29) is 0 Å². The molecule has 0 amide bonds. The van der Waals surface area contributed by atoms with Crippen LogP contribution in [0.25, 0.3) is 10.9 Å². The second-order valence-corrected chi connectivity index (χ2v) is 7.19. The van der Waals surface area contributed by atoms with E-state index in [0.29, 0.717) is 24.1 Å². The monoisotopic (exact) mass is 354 g/mol. The van der Waals surface area contributed by atoms with Crippen LogP contribution in [0.3, 0.4) is 0 Å². The number of alkyl halides is 3. The molecule has 1 aromatic carbocycles. The van der Waals surface area contributed by atoms with Crippen molar-refractivity contribution in [2.24, 2.45) is 5.92 Å². The molecule has 0 aliphatic carbocycles. The highest BCUT2D eigenvalue weighted by Gasteiger charge is 2.28. The zero-order valence-corrected chi connectivity index (χ0v) is 14.7. The van der Waals surface area contributed by atoms with Gasteiger partial charge in [0.2, 0.25) is 0 Å². The summed E-state index contributed by atoms with van der Waals surface area (Å²) in [6.07, 6.45) is -0.396. The molecular formula is C19H25F3N2O. The second-order valence-electron chi connectivity index (χ2n) is 7.19. The van der Waals surface area contributed by atoms with Crippen LogP contribution in [0.4, 0.5) is 13.2 Å². The third-order valence-corrected chi connectivity index (χ3v) is 4.86. The number of benzene rings is 1. The second kappa shape index (κ2) is 7.28. The molecule has 1 aliphatic heterocycles. The highest BCUT2D eigenvalue weighted by Crippen LogP contribution is 2.26. The van der Waals surface area contributed by atoms with E-state index in [0.717, 1.165) is 30.6 Å². The van der Waals surface area contributed by atoms with Crippen LogP contribution >= 0.6 is 0 Å². The minimum absolute atomic E-state index is 0.502. The van der Waals surface area contributed by atoms with Crippen LogP contribution in [-0.2, 0) is 6.54 Å². The Bertz CT molecular complexity index is 708. The minimum atomic E-state index is -4.22. The first-order valence-electron chi connectivity index (χ1n) is 8.84. The average molecular weight is 354 g/mol. The maximum Gasteiger partial charge on any atom is 0.406 e. The van der Waals surface area contributed by atoms with Crippen molar-refractivity contribution in [3.63, 3.8) is 0 Å². The molecule has 3 rings (SSSR count). The molecule has 0 bridgehead atoms. The van der Waals surface area contributed by atoms with Crippen molar-refractivity contribution in [1.29, 1.82) is 0 Å². The summed E-state index contributed by atoms with van der Waals surface area (Å²) < 4.78 is 44.9. The van der Waals surface area contributed by atoms with Crippen LogP contribution in [-0.4, -0.2) is 41.4 Å². The van der Waals surface area contributed by atoms with Gasteiger partial charge in [-0.05, 0) is 57.5 Å². The summed E-state index contributed by atoms with van der Waals surface area (Å²) in [5, 5.41) is 0.772. The van der Waals surface area contributed by atoms with Crippen molar-refractivity contribution in [2.45, 2.75) is 45.5 Å². The number of hydrogen-bond acceptors (Lipinski definition) is 2. The fraction of sp³-hybridized carbons (Fsp3) is 0.579. The van der Waals surface area contributed by atoms with Crippen LogP contribution in [0.2, 0.25) is 0 Å². The van der Waals surface area contributed by atoms with Crippen molar-refractivity contribution in [1.82, 2.24) is 9.47 Å². The van der Waals surface area contributed by atoms with Gasteiger partial charge in [0.25, 0.3) is 0 Å². The highest BCUT2D eigenvalue weighted by molar-refractivity contribution is 5.81. The van der Waals surface area contributed by atoms with Crippen molar-refractivity contribution >= 4 is 10.9 Å². The zero-order valence-electron chi connectivity index (χ0n) is 14.7. The lowest BCUT2D eigenvalue weighted by Gasteiger charge is -2.35. The van der Waals surface area contributed by atoms with E-state index >= 15 is 0 Å². The van der Waals surface area contributed by atoms with Gasteiger partial charge in [-0.25, -0.2) is 0 Å². The Labute approximate surface area is 146 Å². The largest absolute Gasteiger partial charge is 0.493 e. The summed E-state index contributed by atoms with van der Waals surface area (Å²) in [6.45, 7) is 6.29. The molecule has 1 fully saturated rings. The Morgan fingerprint density at radius 2 is 2.04 bits per heavy atom. The Morgan fingerprint density at radius 1 is 1.24 bits per heavy atom. The predicted molar refractivity (Wildman–Crippen MR) is 92.9 cm³/mol. The lowest BCUT2D eigenvalue weighted by molar-refractivity contribution is -0.139. The average Bonchev–Trinajstić information content (AvgIpc) is 2.93. The van der Waals surface area contributed by atoms with Crippen LogP contribution in [0.15, 0.2) is 30.5 Å². The standard InChI is InChI=1S/C19H25F3N2O/c1-14(2)23-8-3-4-15(11-23)12-25-17-5-6-18-16(10-17)7-9-24(18)13-19(20,21)22/h5-7,9-10,14-15H,3-4,8,11-13H2,1-2H3/t15-/m1/s1. The van der Waals surface area contributed by atoms with E-state index in [1.54, 1.807) is 18.2 Å². The van der Waals surface area contributed by atoms with Crippen LogP contribution in [0, 0.1) is 5.92 Å². The summed E-state index contributed by atoms with van der Waals surface area (Å²) in [4.78, 5) is 2.47. The van der Waals surface area contributed by atoms with E-state index in [2.05, 4.69) is 18.7 Å². The molecule has 0 radical (unpaired) electrons. The first-order valence-corrected chi connectivity index (χ1v) is 8.84. The molecule has 1 aromatic heterocycles. The van der Waals surface area contributed by atoms with Gasteiger partial charge in [0, 0.05) is 35.6 Å². The lowest BCUT2D eigenvalue weighted by Crippen LogP contribution is -2.41. The van der Waals surface area contributed by atoms with E-state index < -0.39 is 12.7 Å². The molecule has 1 aliphatic rings. The van der Waals surface area contributed by atoms with Gasteiger partial charge in [-0.15, -0.1) is 0 Å². The van der Waals surface area contributed by atoms with Gasteiger partial charge in [0.15, 0.2) is 0 Å². The van der Waals surface area contributed by atoms with Gasteiger partial charge in [-0.1, -0.05) is 0 Å². The third kappa shape index (κ3) is 4.69. The predicted octanol–water partition coefficient (Wildman–Crippen LogP) is 4.70. The molecule has 1 atom stereocenters. The van der Waals surface area contributed by atoms with Gasteiger partial charge in [-0.3, -0.25) is 0 Å². The Kier molecular flexibility index (Phi) is 5.27. The summed E-state index contributed by atoms with van der Waals surface area (Å²) in [5.41, 5.74) is 0.577. The third-order valence-electron chi connectivity index (χ3n) is 4.86. The number of aromatic nitrogens is 1. The number of fused-ring (bicyclic) bond motifs is 1. The summed E-state index contributed by atoms with van der Waals surface area (Å²) in [7, 11) is 0. The molecule has 1 saturated heterocycles. The molecule has 0 unspecified atom stereocenters. The molecule has 0 saturated carbocycles. The van der Waals surface area contributed by atoms with Crippen LogP contribution in [0.5, 0.6) is 5.75 Å². The molecule has 3 nitrogen and oxygen atoms in total. The van der Waals surface area contributed by atoms with E-state index in [1.165, 1.54) is 17.2 Å². The molecule has 2 aromatic rings. The fourth-order valence-corrected chi connectivity index (χ4v) is 3.52. The molecular weight excluding hydrogens is 329 g/mol. The van der Waals surface area contributed by atoms with Crippen molar-refractivity contribution in [3.05, 3.63) is 30.5 Å². The molecule has 138 valence electrons. The molecule has 0 spiro atoms.